The number of hydrogen-bond donors (Lipinski definition) is 3. The van der Waals surface area contributed by atoms with E-state index in [0.29, 0.717) is 40.2 Å². The van der Waals surface area contributed by atoms with E-state index in [-0.39, 0.29) is 17.6 Å². The van der Waals surface area contributed by atoms with Crippen molar-refractivity contribution in [3.05, 3.63) is 88.2 Å². The summed E-state index contributed by atoms with van der Waals surface area (Å²) < 4.78 is 0. The van der Waals surface area contributed by atoms with Gasteiger partial charge in [0.1, 0.15) is 5.69 Å². The van der Waals surface area contributed by atoms with Gasteiger partial charge >= 0.3 is 0 Å². The Bertz CT molecular complexity index is 1330. The van der Waals surface area contributed by atoms with Crippen LogP contribution in [0.15, 0.2) is 54.6 Å². The van der Waals surface area contributed by atoms with Crippen molar-refractivity contribution < 1.29 is 14.4 Å². The van der Waals surface area contributed by atoms with Crippen molar-refractivity contribution in [2.24, 2.45) is 0 Å². The summed E-state index contributed by atoms with van der Waals surface area (Å²) in [5.41, 5.74) is 4.22. The molecule has 3 N–H and O–H groups in total. The number of likely N-dealkylation sites (tertiary alicyclic amines) is 1. The second-order valence-corrected chi connectivity index (χ2v) is 9.32. The lowest BCUT2D eigenvalue weighted by Gasteiger charge is -2.14. The number of carbonyl (C=O) groups is 3. The monoisotopic (exact) mass is 482 g/mol. The Morgan fingerprint density at radius 2 is 1.75 bits per heavy atom. The van der Waals surface area contributed by atoms with Crippen LogP contribution < -0.4 is 10.6 Å². The van der Waals surface area contributed by atoms with Gasteiger partial charge in [-0.05, 0) is 63.5 Å². The van der Waals surface area contributed by atoms with Crippen LogP contribution in [0.4, 0.5) is 5.69 Å². The lowest BCUT2D eigenvalue weighted by atomic mass is 9.97. The van der Waals surface area contributed by atoms with Crippen LogP contribution in [0.3, 0.4) is 0 Å². The van der Waals surface area contributed by atoms with Crippen LogP contribution in [0.5, 0.6) is 0 Å². The summed E-state index contributed by atoms with van der Waals surface area (Å²) in [6, 6.07) is 16.4. The predicted octanol–water partition coefficient (Wildman–Crippen LogP) is 4.26. The highest BCUT2D eigenvalue weighted by Crippen LogP contribution is 2.34. The van der Waals surface area contributed by atoms with Crippen LogP contribution >= 0.6 is 0 Å². The van der Waals surface area contributed by atoms with Gasteiger partial charge in [0.25, 0.3) is 11.8 Å². The predicted molar refractivity (Wildman–Crippen MR) is 141 cm³/mol. The van der Waals surface area contributed by atoms with Gasteiger partial charge in [0.05, 0.1) is 16.8 Å². The fourth-order valence-electron chi connectivity index (χ4n) is 5.01. The molecule has 184 valence electrons. The molecule has 0 aliphatic carbocycles. The van der Waals surface area contributed by atoms with Gasteiger partial charge in [0.15, 0.2) is 5.78 Å². The number of H-pyrrole nitrogens is 1. The maximum absolute atomic E-state index is 13.5. The molecule has 2 aromatic carbocycles. The summed E-state index contributed by atoms with van der Waals surface area (Å²) in [5.74, 6) is -0.692. The minimum absolute atomic E-state index is 0.198. The average molecular weight is 483 g/mol. The zero-order valence-corrected chi connectivity index (χ0v) is 20.4. The standard InChI is InChI=1S/C29H30N4O3/c1-19-25(27(34)20-10-3-2-4-11-20)24(18-22-21-12-5-6-13-23(21)32-28(22)35)31-26(19)29(36)30-14-9-17-33-15-7-8-16-33/h2-6,10-13,18,31H,7-9,14-17H2,1H3,(H,30,36)(H,32,35). The van der Waals surface area contributed by atoms with Gasteiger partial charge in [-0.3, -0.25) is 14.4 Å². The van der Waals surface area contributed by atoms with E-state index in [2.05, 4.69) is 20.5 Å². The topological polar surface area (TPSA) is 94.3 Å². The van der Waals surface area contributed by atoms with Crippen LogP contribution in [0.1, 0.15) is 62.5 Å². The molecular weight excluding hydrogens is 452 g/mol. The normalized spacial score (nSPS) is 16.2. The fourth-order valence-corrected chi connectivity index (χ4v) is 5.01. The Hall–Kier alpha value is -3.97. The van der Waals surface area contributed by atoms with Gasteiger partial charge in [-0.25, -0.2) is 0 Å². The SMILES string of the molecule is Cc1c(C(=O)NCCCN2CCCC2)[nH]c(C=C2C(=O)Nc3ccccc32)c1C(=O)c1ccccc1. The lowest BCUT2D eigenvalue weighted by Crippen LogP contribution is -2.29. The third kappa shape index (κ3) is 4.75. The number of anilines is 1. The number of nitrogens with zero attached hydrogens (tertiary/aromatic N) is 1. The molecule has 0 spiro atoms. The van der Waals surface area contributed by atoms with Crippen molar-refractivity contribution in [1.82, 2.24) is 15.2 Å². The molecule has 2 amide bonds. The Kier molecular flexibility index (Phi) is 6.82. The molecule has 5 rings (SSSR count). The maximum atomic E-state index is 13.5. The van der Waals surface area contributed by atoms with Crippen LogP contribution in [0.2, 0.25) is 0 Å². The molecule has 2 aliphatic heterocycles. The molecule has 1 fully saturated rings. The number of nitrogens with one attached hydrogen (secondary N) is 3. The molecule has 0 saturated carbocycles. The van der Waals surface area contributed by atoms with Gasteiger partial charge in [0.2, 0.25) is 0 Å². The lowest BCUT2D eigenvalue weighted by molar-refractivity contribution is -0.110. The fraction of sp³-hybridized carbons (Fsp3) is 0.276. The largest absolute Gasteiger partial charge is 0.351 e. The molecule has 36 heavy (non-hydrogen) atoms. The number of aromatic amines is 1. The molecule has 7 heteroatoms. The summed E-state index contributed by atoms with van der Waals surface area (Å²) >= 11 is 0. The summed E-state index contributed by atoms with van der Waals surface area (Å²) in [6.07, 6.45) is 5.03. The first kappa shape index (κ1) is 23.8. The first-order chi connectivity index (χ1) is 17.5. The molecule has 3 aromatic rings. The molecule has 1 saturated heterocycles. The van der Waals surface area contributed by atoms with E-state index in [1.54, 1.807) is 25.1 Å². The molecule has 0 atom stereocenters. The number of fused-ring (bicyclic) bond motifs is 1. The highest BCUT2D eigenvalue weighted by atomic mass is 16.2. The molecule has 2 aliphatic rings. The molecular formula is C29H30N4O3. The van der Waals surface area contributed by atoms with Crippen LogP contribution in [0, 0.1) is 6.92 Å². The molecule has 7 nitrogen and oxygen atoms in total. The maximum Gasteiger partial charge on any atom is 0.268 e. The van der Waals surface area contributed by atoms with Crippen molar-refractivity contribution in [2.45, 2.75) is 26.2 Å². The number of benzene rings is 2. The van der Waals surface area contributed by atoms with E-state index < -0.39 is 0 Å². The minimum atomic E-state index is -0.253. The molecule has 3 heterocycles. The second-order valence-electron chi connectivity index (χ2n) is 9.32. The van der Waals surface area contributed by atoms with Crippen molar-refractivity contribution >= 4 is 34.9 Å². The number of rotatable bonds is 8. The van der Waals surface area contributed by atoms with E-state index >= 15 is 0 Å². The highest BCUT2D eigenvalue weighted by Gasteiger charge is 2.28. The van der Waals surface area contributed by atoms with Crippen molar-refractivity contribution in [3.63, 3.8) is 0 Å². The average Bonchev–Trinajstić information content (AvgIpc) is 3.60. The van der Waals surface area contributed by atoms with E-state index in [1.165, 1.54) is 12.8 Å². The highest BCUT2D eigenvalue weighted by molar-refractivity contribution is 6.35. The first-order valence-electron chi connectivity index (χ1n) is 12.5. The molecule has 0 unspecified atom stereocenters. The van der Waals surface area contributed by atoms with Gasteiger partial charge < -0.3 is 20.5 Å². The summed E-state index contributed by atoms with van der Waals surface area (Å²) in [6.45, 7) is 5.55. The second kappa shape index (κ2) is 10.3. The number of amides is 2. The van der Waals surface area contributed by atoms with E-state index in [0.717, 1.165) is 37.3 Å². The number of ketones is 1. The molecule has 0 radical (unpaired) electrons. The van der Waals surface area contributed by atoms with Crippen molar-refractivity contribution in [3.8, 4) is 0 Å². The van der Waals surface area contributed by atoms with E-state index in [1.807, 2.05) is 42.5 Å². The Labute approximate surface area is 210 Å². The number of hydrogen-bond acceptors (Lipinski definition) is 4. The van der Waals surface area contributed by atoms with Crippen molar-refractivity contribution in [2.75, 3.05) is 31.5 Å². The number of para-hydroxylation sites is 1. The van der Waals surface area contributed by atoms with Gasteiger partial charge in [-0.2, -0.15) is 0 Å². The van der Waals surface area contributed by atoms with E-state index in [4.69, 9.17) is 0 Å². The molecule has 0 bridgehead atoms. The van der Waals surface area contributed by atoms with Crippen molar-refractivity contribution in [1.29, 1.82) is 0 Å². The summed E-state index contributed by atoms with van der Waals surface area (Å²) in [4.78, 5) is 45.0. The smallest absolute Gasteiger partial charge is 0.268 e. The van der Waals surface area contributed by atoms with Crippen LogP contribution in [0.25, 0.3) is 11.6 Å². The van der Waals surface area contributed by atoms with E-state index in [9.17, 15) is 14.4 Å². The quantitative estimate of drug-likeness (QED) is 0.254. The van der Waals surface area contributed by atoms with Gasteiger partial charge in [-0.15, -0.1) is 0 Å². The third-order valence-corrected chi connectivity index (χ3v) is 6.90. The summed E-state index contributed by atoms with van der Waals surface area (Å²) in [5, 5.41) is 5.85. The number of aromatic nitrogens is 1. The Morgan fingerprint density at radius 1 is 1.03 bits per heavy atom. The minimum Gasteiger partial charge on any atom is -0.351 e. The number of carbonyl (C=O) groups excluding carboxylic acids is 3. The molecule has 1 aromatic heterocycles. The zero-order chi connectivity index (χ0) is 25.1. The summed E-state index contributed by atoms with van der Waals surface area (Å²) in [7, 11) is 0. The van der Waals surface area contributed by atoms with Crippen LogP contribution in [-0.4, -0.2) is 53.7 Å². The first-order valence-corrected chi connectivity index (χ1v) is 12.5. The third-order valence-electron chi connectivity index (χ3n) is 6.90. The zero-order valence-electron chi connectivity index (χ0n) is 20.4. The Balaban J connectivity index is 1.46. The van der Waals surface area contributed by atoms with Crippen LogP contribution in [-0.2, 0) is 4.79 Å². The van der Waals surface area contributed by atoms with Gasteiger partial charge in [0, 0.05) is 23.4 Å². The Morgan fingerprint density at radius 3 is 2.53 bits per heavy atom. The van der Waals surface area contributed by atoms with Gasteiger partial charge in [-0.1, -0.05) is 48.5 Å².